The van der Waals surface area contributed by atoms with Crippen molar-refractivity contribution in [2.45, 2.75) is 23.5 Å². The van der Waals surface area contributed by atoms with E-state index >= 15 is 0 Å². The maximum absolute atomic E-state index is 13.7. The fourth-order valence-corrected chi connectivity index (χ4v) is 6.55. The van der Waals surface area contributed by atoms with E-state index < -0.39 is 20.9 Å². The Kier molecular flexibility index (Phi) is 6.39. The summed E-state index contributed by atoms with van der Waals surface area (Å²) in [5.74, 6) is -0.714. The van der Waals surface area contributed by atoms with Crippen LogP contribution >= 0.6 is 11.3 Å². The van der Waals surface area contributed by atoms with Crippen molar-refractivity contribution in [3.63, 3.8) is 0 Å². The summed E-state index contributed by atoms with van der Waals surface area (Å²) in [4.78, 5) is 13.4. The van der Waals surface area contributed by atoms with Gasteiger partial charge in [-0.05, 0) is 58.5 Å². The van der Waals surface area contributed by atoms with Crippen molar-refractivity contribution in [1.29, 1.82) is 0 Å². The van der Waals surface area contributed by atoms with Crippen LogP contribution in [0.4, 0.5) is 4.39 Å². The molecule has 0 aliphatic carbocycles. The molecule has 0 spiro atoms. The fraction of sp³-hybridized carbons (Fsp3) is 0.160. The van der Waals surface area contributed by atoms with Crippen LogP contribution in [0.5, 0.6) is 0 Å². The van der Waals surface area contributed by atoms with Crippen LogP contribution < -0.4 is 5.32 Å². The number of fused-ring (bicyclic) bond motifs is 1. The largest absolute Gasteiger partial charge is 0.354 e. The van der Waals surface area contributed by atoms with Crippen LogP contribution in [-0.2, 0) is 21.1 Å². The molecule has 0 aliphatic rings. The van der Waals surface area contributed by atoms with Crippen molar-refractivity contribution < 1.29 is 17.6 Å². The van der Waals surface area contributed by atoms with Gasteiger partial charge in [-0.2, -0.15) is 0 Å². The molecule has 4 aromatic rings. The Morgan fingerprint density at radius 2 is 1.81 bits per heavy atom. The molecule has 0 aliphatic heterocycles. The topological polar surface area (TPSA) is 63.2 Å². The van der Waals surface area contributed by atoms with Gasteiger partial charge in [-0.1, -0.05) is 48.5 Å². The third-order valence-electron chi connectivity index (χ3n) is 5.41. The standard InChI is InChI=1S/C25H22FNO3S2/c1-17-14-20(11-12-22(17)26)32(29,30)24(23-10-5-13-31-23)16-27-25(28)15-19-8-4-7-18-6-2-3-9-21(18)19/h2-14,24H,15-16H2,1H3,(H,27,28)/t24-/m1/s1. The van der Waals surface area contributed by atoms with Crippen molar-refractivity contribution in [3.8, 4) is 0 Å². The Hall–Kier alpha value is -3.03. The predicted octanol–water partition coefficient (Wildman–Crippen LogP) is 5.22. The third kappa shape index (κ3) is 4.59. The van der Waals surface area contributed by atoms with E-state index in [1.54, 1.807) is 17.5 Å². The van der Waals surface area contributed by atoms with Gasteiger partial charge >= 0.3 is 0 Å². The maximum Gasteiger partial charge on any atom is 0.224 e. The number of amides is 1. The number of sulfone groups is 1. The molecule has 0 radical (unpaired) electrons. The zero-order valence-corrected chi connectivity index (χ0v) is 19.0. The summed E-state index contributed by atoms with van der Waals surface area (Å²) in [7, 11) is -3.84. The summed E-state index contributed by atoms with van der Waals surface area (Å²) >= 11 is 1.31. The number of benzene rings is 3. The quantitative estimate of drug-likeness (QED) is 0.379. The molecule has 3 aromatic carbocycles. The van der Waals surface area contributed by atoms with E-state index in [9.17, 15) is 17.6 Å². The van der Waals surface area contributed by atoms with Crippen molar-refractivity contribution in [3.05, 3.63) is 100.0 Å². The van der Waals surface area contributed by atoms with Gasteiger partial charge in [0.2, 0.25) is 5.91 Å². The molecule has 0 saturated heterocycles. The molecule has 164 valence electrons. The summed E-state index contributed by atoms with van der Waals surface area (Å²) in [6.45, 7) is 1.46. The Morgan fingerprint density at radius 1 is 1.03 bits per heavy atom. The molecule has 0 saturated carbocycles. The molecule has 0 unspecified atom stereocenters. The lowest BCUT2D eigenvalue weighted by molar-refractivity contribution is -0.120. The summed E-state index contributed by atoms with van der Waals surface area (Å²) in [6.07, 6.45) is 0.147. The van der Waals surface area contributed by atoms with E-state index in [0.29, 0.717) is 4.88 Å². The van der Waals surface area contributed by atoms with Crippen molar-refractivity contribution in [2.24, 2.45) is 0 Å². The van der Waals surface area contributed by atoms with Gasteiger partial charge < -0.3 is 5.32 Å². The van der Waals surface area contributed by atoms with E-state index in [2.05, 4.69) is 5.32 Å². The first-order valence-electron chi connectivity index (χ1n) is 10.1. The second kappa shape index (κ2) is 9.22. The molecular weight excluding hydrogens is 445 g/mol. The van der Waals surface area contributed by atoms with Gasteiger partial charge in [-0.15, -0.1) is 11.3 Å². The highest BCUT2D eigenvalue weighted by Crippen LogP contribution is 2.32. The van der Waals surface area contributed by atoms with Crippen LogP contribution in [0.1, 0.15) is 21.3 Å². The van der Waals surface area contributed by atoms with Crippen LogP contribution in [0.2, 0.25) is 0 Å². The summed E-state index contributed by atoms with van der Waals surface area (Å²) in [6, 6.07) is 20.9. The van der Waals surface area contributed by atoms with Crippen LogP contribution in [0.15, 0.2) is 83.1 Å². The first kappa shape index (κ1) is 22.2. The molecule has 7 heteroatoms. The average Bonchev–Trinajstić information content (AvgIpc) is 3.30. The minimum absolute atomic E-state index is 0.0399. The molecule has 1 aromatic heterocycles. The van der Waals surface area contributed by atoms with Gasteiger partial charge in [-0.3, -0.25) is 4.79 Å². The highest BCUT2D eigenvalue weighted by atomic mass is 32.2. The minimum atomic E-state index is -3.84. The molecule has 32 heavy (non-hydrogen) atoms. The van der Waals surface area contributed by atoms with E-state index in [1.807, 2.05) is 42.5 Å². The third-order valence-corrected chi connectivity index (χ3v) is 8.62. The number of carbonyl (C=O) groups excluding carboxylic acids is 1. The molecule has 0 bridgehead atoms. The molecule has 1 heterocycles. The number of aryl methyl sites for hydroxylation is 1. The number of carbonyl (C=O) groups is 1. The first-order valence-corrected chi connectivity index (χ1v) is 12.6. The zero-order chi connectivity index (χ0) is 22.7. The molecular formula is C25H22FNO3S2. The zero-order valence-electron chi connectivity index (χ0n) is 17.4. The second-order valence-electron chi connectivity index (χ2n) is 7.58. The van der Waals surface area contributed by atoms with Gasteiger partial charge in [0.05, 0.1) is 11.3 Å². The van der Waals surface area contributed by atoms with E-state index in [0.717, 1.165) is 22.4 Å². The molecule has 1 amide bonds. The molecule has 1 N–H and O–H groups in total. The molecule has 4 nitrogen and oxygen atoms in total. The van der Waals surface area contributed by atoms with Gasteiger partial charge in [0.1, 0.15) is 11.1 Å². The number of hydrogen-bond acceptors (Lipinski definition) is 4. The Labute approximate surface area is 190 Å². The predicted molar refractivity (Wildman–Crippen MR) is 126 cm³/mol. The highest BCUT2D eigenvalue weighted by Gasteiger charge is 2.31. The Morgan fingerprint density at radius 3 is 2.56 bits per heavy atom. The highest BCUT2D eigenvalue weighted by molar-refractivity contribution is 7.91. The van der Waals surface area contributed by atoms with Crippen molar-refractivity contribution in [1.82, 2.24) is 5.32 Å². The number of hydrogen-bond donors (Lipinski definition) is 1. The van der Waals surface area contributed by atoms with Gasteiger partial charge in [0.25, 0.3) is 0 Å². The molecule has 0 fully saturated rings. The number of thiophene rings is 1. The number of nitrogens with one attached hydrogen (secondary N) is 1. The van der Waals surface area contributed by atoms with Gasteiger partial charge in [0, 0.05) is 11.4 Å². The van der Waals surface area contributed by atoms with Crippen LogP contribution in [0.3, 0.4) is 0 Å². The SMILES string of the molecule is Cc1cc(S(=O)(=O)[C@H](CNC(=O)Cc2cccc3ccccc23)c2cccs2)ccc1F. The van der Waals surface area contributed by atoms with Gasteiger partial charge in [0.15, 0.2) is 9.84 Å². The van der Waals surface area contributed by atoms with Crippen LogP contribution in [0, 0.1) is 12.7 Å². The average molecular weight is 468 g/mol. The monoisotopic (exact) mass is 467 g/mol. The van der Waals surface area contributed by atoms with Gasteiger partial charge in [-0.25, -0.2) is 12.8 Å². The lowest BCUT2D eigenvalue weighted by Gasteiger charge is -2.18. The lowest BCUT2D eigenvalue weighted by atomic mass is 10.0. The summed E-state index contributed by atoms with van der Waals surface area (Å²) < 4.78 is 40.4. The van der Waals surface area contributed by atoms with Crippen molar-refractivity contribution >= 4 is 37.9 Å². The van der Waals surface area contributed by atoms with E-state index in [4.69, 9.17) is 0 Å². The Balaban J connectivity index is 1.56. The maximum atomic E-state index is 13.7. The summed E-state index contributed by atoms with van der Waals surface area (Å²) in [5.41, 5.74) is 1.14. The van der Waals surface area contributed by atoms with Crippen molar-refractivity contribution in [2.75, 3.05) is 6.54 Å². The van der Waals surface area contributed by atoms with E-state index in [1.165, 1.54) is 30.4 Å². The second-order valence-corrected chi connectivity index (χ2v) is 10.7. The summed E-state index contributed by atoms with van der Waals surface area (Å²) in [5, 5.41) is 5.68. The number of rotatable bonds is 7. The van der Waals surface area contributed by atoms with Crippen LogP contribution in [0.25, 0.3) is 10.8 Å². The normalized spacial score (nSPS) is 12.6. The fourth-order valence-electron chi connectivity index (χ4n) is 3.68. The molecule has 1 atom stereocenters. The first-order chi connectivity index (χ1) is 15.4. The number of halogens is 1. The van der Waals surface area contributed by atoms with Crippen LogP contribution in [-0.4, -0.2) is 20.9 Å². The smallest absolute Gasteiger partial charge is 0.224 e. The lowest BCUT2D eigenvalue weighted by Crippen LogP contribution is -2.32. The Bertz CT molecular complexity index is 1360. The minimum Gasteiger partial charge on any atom is -0.354 e. The van der Waals surface area contributed by atoms with E-state index in [-0.39, 0.29) is 29.3 Å². The molecule has 4 rings (SSSR count).